The molecule has 36 heavy (non-hydrogen) atoms. The predicted molar refractivity (Wildman–Crippen MR) is 148 cm³/mol. The van der Waals surface area contributed by atoms with Crippen LogP contribution in [0.4, 0.5) is 11.4 Å². The molecule has 1 fully saturated rings. The quantitative estimate of drug-likeness (QED) is 0.414. The van der Waals surface area contributed by atoms with Gasteiger partial charge in [0.1, 0.15) is 0 Å². The van der Waals surface area contributed by atoms with Gasteiger partial charge in [0.25, 0.3) is 11.8 Å². The maximum atomic E-state index is 13.6. The standard InChI is InChI=1S/C28H25ClN4O2S/c1-18-24(27(35)31-22-8-3-2-4-9-22)25(33-15-6-16-36-28(33)30-18)20-7-5-10-23(17-20)32-26(34)19-11-13-21(29)14-12-19/h2-5,7-14,17,25H,6,15-16H2,1H3,(H,31,35)(H,32,34). The van der Waals surface area contributed by atoms with Gasteiger partial charge in [-0.3, -0.25) is 9.59 Å². The number of carbonyl (C=O) groups excluding carboxylic acids is 2. The molecule has 1 atom stereocenters. The molecule has 0 saturated carbocycles. The van der Waals surface area contributed by atoms with Crippen molar-refractivity contribution in [2.45, 2.75) is 19.4 Å². The SMILES string of the molecule is CC1=C(C(=O)Nc2ccccc2)C(c2cccc(NC(=O)c3ccc(Cl)cc3)c2)N2CCCSC2=N1. The Kier molecular flexibility index (Phi) is 7.11. The number of nitrogens with zero attached hydrogens (tertiary/aromatic N) is 2. The van der Waals surface area contributed by atoms with Crippen LogP contribution >= 0.6 is 23.4 Å². The van der Waals surface area contributed by atoms with Crippen LogP contribution in [0, 0.1) is 0 Å². The van der Waals surface area contributed by atoms with E-state index in [1.807, 2.05) is 61.5 Å². The second kappa shape index (κ2) is 10.6. The van der Waals surface area contributed by atoms with Crippen molar-refractivity contribution in [2.24, 2.45) is 4.99 Å². The highest BCUT2D eigenvalue weighted by atomic mass is 35.5. The highest BCUT2D eigenvalue weighted by molar-refractivity contribution is 8.13. The third kappa shape index (κ3) is 5.17. The molecule has 0 radical (unpaired) electrons. The fourth-order valence-electron chi connectivity index (χ4n) is 4.42. The van der Waals surface area contributed by atoms with Gasteiger partial charge in [0.05, 0.1) is 17.3 Å². The topological polar surface area (TPSA) is 73.8 Å². The maximum Gasteiger partial charge on any atom is 0.255 e. The van der Waals surface area contributed by atoms with E-state index in [1.165, 1.54) is 0 Å². The van der Waals surface area contributed by atoms with Crippen molar-refractivity contribution in [3.8, 4) is 0 Å². The summed E-state index contributed by atoms with van der Waals surface area (Å²) in [5.74, 6) is 0.590. The third-order valence-electron chi connectivity index (χ3n) is 6.10. The van der Waals surface area contributed by atoms with Crippen LogP contribution < -0.4 is 10.6 Å². The first-order valence-corrected chi connectivity index (χ1v) is 13.1. The second-order valence-corrected chi connectivity index (χ2v) is 10.1. The summed E-state index contributed by atoms with van der Waals surface area (Å²) in [4.78, 5) is 33.3. The summed E-state index contributed by atoms with van der Waals surface area (Å²) in [6, 6.07) is 23.5. The number of carbonyl (C=O) groups is 2. The summed E-state index contributed by atoms with van der Waals surface area (Å²) in [6.07, 6.45) is 1.000. The van der Waals surface area contributed by atoms with Crippen LogP contribution in [-0.4, -0.2) is 34.2 Å². The molecule has 2 aliphatic rings. The number of amidine groups is 1. The first kappa shape index (κ1) is 24.2. The number of nitrogens with one attached hydrogen (secondary N) is 2. The number of thioether (sulfide) groups is 1. The van der Waals surface area contributed by atoms with Crippen LogP contribution in [0.2, 0.25) is 5.02 Å². The average molecular weight is 517 g/mol. The number of fused-ring (bicyclic) bond motifs is 1. The summed E-state index contributed by atoms with van der Waals surface area (Å²) in [6.45, 7) is 2.69. The Morgan fingerprint density at radius 3 is 2.44 bits per heavy atom. The van der Waals surface area contributed by atoms with Gasteiger partial charge in [0.2, 0.25) is 0 Å². The highest BCUT2D eigenvalue weighted by Gasteiger charge is 2.37. The summed E-state index contributed by atoms with van der Waals surface area (Å²) in [7, 11) is 0. The molecule has 2 N–H and O–H groups in total. The Hall–Kier alpha value is -3.55. The fraction of sp³-hybridized carbons (Fsp3) is 0.179. The van der Waals surface area contributed by atoms with Crippen molar-refractivity contribution in [3.05, 3.63) is 106 Å². The van der Waals surface area contributed by atoms with Crippen LogP contribution in [-0.2, 0) is 4.79 Å². The molecular weight excluding hydrogens is 492 g/mol. The summed E-state index contributed by atoms with van der Waals surface area (Å²) >= 11 is 7.67. The first-order chi connectivity index (χ1) is 17.5. The molecule has 1 unspecified atom stereocenters. The molecule has 2 heterocycles. The first-order valence-electron chi connectivity index (χ1n) is 11.7. The van der Waals surface area contributed by atoms with E-state index >= 15 is 0 Å². The molecule has 3 aromatic carbocycles. The molecule has 0 bridgehead atoms. The van der Waals surface area contributed by atoms with Crippen LogP contribution in [0.3, 0.4) is 0 Å². The average Bonchev–Trinajstić information content (AvgIpc) is 2.89. The van der Waals surface area contributed by atoms with Crippen LogP contribution in [0.1, 0.15) is 35.3 Å². The van der Waals surface area contributed by atoms with E-state index < -0.39 is 0 Å². The molecule has 2 amide bonds. The molecule has 2 aliphatic heterocycles. The van der Waals surface area contributed by atoms with E-state index in [2.05, 4.69) is 15.5 Å². The number of allylic oxidation sites excluding steroid dienone is 1. The normalized spacial score (nSPS) is 17.2. The minimum Gasteiger partial charge on any atom is -0.340 e. The van der Waals surface area contributed by atoms with E-state index in [1.54, 1.807) is 36.0 Å². The largest absolute Gasteiger partial charge is 0.340 e. The Labute approximate surface area is 219 Å². The molecular formula is C28H25ClN4O2S. The van der Waals surface area contributed by atoms with Gasteiger partial charge in [-0.25, -0.2) is 4.99 Å². The minimum atomic E-state index is -0.318. The van der Waals surface area contributed by atoms with E-state index in [-0.39, 0.29) is 17.9 Å². The lowest BCUT2D eigenvalue weighted by Gasteiger charge is -2.41. The number of halogens is 1. The smallest absolute Gasteiger partial charge is 0.255 e. The number of rotatable bonds is 5. The Bertz CT molecular complexity index is 1360. The number of para-hydroxylation sites is 1. The number of amides is 2. The van der Waals surface area contributed by atoms with Gasteiger partial charge in [0, 0.05) is 34.3 Å². The summed E-state index contributed by atoms with van der Waals surface area (Å²) < 4.78 is 0. The monoisotopic (exact) mass is 516 g/mol. The Morgan fingerprint density at radius 1 is 0.944 bits per heavy atom. The van der Waals surface area contributed by atoms with Gasteiger partial charge in [0.15, 0.2) is 5.17 Å². The van der Waals surface area contributed by atoms with Gasteiger partial charge in [-0.05, 0) is 67.4 Å². The zero-order valence-electron chi connectivity index (χ0n) is 19.7. The molecule has 0 aliphatic carbocycles. The van der Waals surface area contributed by atoms with Gasteiger partial charge in [-0.2, -0.15) is 0 Å². The zero-order chi connectivity index (χ0) is 25.1. The van der Waals surface area contributed by atoms with Crippen molar-refractivity contribution < 1.29 is 9.59 Å². The fourth-order valence-corrected chi connectivity index (χ4v) is 5.56. The van der Waals surface area contributed by atoms with Crippen molar-refractivity contribution >= 4 is 51.7 Å². The number of hydrogen-bond acceptors (Lipinski definition) is 5. The Morgan fingerprint density at radius 2 is 1.67 bits per heavy atom. The second-order valence-electron chi connectivity index (χ2n) is 8.60. The Balaban J connectivity index is 1.48. The van der Waals surface area contributed by atoms with Crippen molar-refractivity contribution in [3.63, 3.8) is 0 Å². The van der Waals surface area contributed by atoms with Crippen molar-refractivity contribution in [1.29, 1.82) is 0 Å². The molecule has 8 heteroatoms. The van der Waals surface area contributed by atoms with E-state index in [4.69, 9.17) is 16.6 Å². The van der Waals surface area contributed by atoms with Crippen LogP contribution in [0.5, 0.6) is 0 Å². The van der Waals surface area contributed by atoms with Crippen LogP contribution in [0.25, 0.3) is 0 Å². The van der Waals surface area contributed by atoms with Gasteiger partial charge in [-0.1, -0.05) is 53.7 Å². The minimum absolute atomic E-state index is 0.183. The van der Waals surface area contributed by atoms with Crippen molar-refractivity contribution in [1.82, 2.24) is 4.90 Å². The lowest BCUT2D eigenvalue weighted by molar-refractivity contribution is -0.113. The van der Waals surface area contributed by atoms with E-state index in [9.17, 15) is 9.59 Å². The number of hydrogen-bond donors (Lipinski definition) is 2. The zero-order valence-corrected chi connectivity index (χ0v) is 21.3. The van der Waals surface area contributed by atoms with E-state index in [0.29, 0.717) is 27.5 Å². The molecule has 0 aromatic heterocycles. The molecule has 5 rings (SSSR count). The van der Waals surface area contributed by atoms with Crippen molar-refractivity contribution in [2.75, 3.05) is 22.9 Å². The predicted octanol–water partition coefficient (Wildman–Crippen LogP) is 6.35. The molecule has 182 valence electrons. The maximum absolute atomic E-state index is 13.6. The highest BCUT2D eigenvalue weighted by Crippen LogP contribution is 2.40. The molecule has 6 nitrogen and oxygen atoms in total. The summed E-state index contributed by atoms with van der Waals surface area (Å²) in [5.41, 5.74) is 4.12. The van der Waals surface area contributed by atoms with Gasteiger partial charge >= 0.3 is 0 Å². The molecule has 1 saturated heterocycles. The third-order valence-corrected chi connectivity index (χ3v) is 7.43. The lowest BCUT2D eigenvalue weighted by atomic mass is 9.93. The van der Waals surface area contributed by atoms with Crippen LogP contribution in [0.15, 0.2) is 95.1 Å². The number of benzene rings is 3. The lowest BCUT2D eigenvalue weighted by Crippen LogP contribution is -2.43. The van der Waals surface area contributed by atoms with Gasteiger partial charge in [-0.15, -0.1) is 0 Å². The number of aliphatic imine (C=N–C) groups is 1. The van der Waals surface area contributed by atoms with E-state index in [0.717, 1.165) is 35.1 Å². The van der Waals surface area contributed by atoms with Gasteiger partial charge < -0.3 is 15.5 Å². The molecule has 3 aromatic rings. The summed E-state index contributed by atoms with van der Waals surface area (Å²) in [5, 5.41) is 7.50. The number of anilines is 2. The molecule has 0 spiro atoms.